The minimum absolute atomic E-state index is 0.273. The van der Waals surface area contributed by atoms with Crippen LogP contribution in [0.2, 0.25) is 0 Å². The average molecular weight is 322 g/mol. The lowest BCUT2D eigenvalue weighted by atomic mass is 10.0. The zero-order valence-corrected chi connectivity index (χ0v) is 14.0. The van der Waals surface area contributed by atoms with Gasteiger partial charge in [-0.25, -0.2) is 4.39 Å². The van der Waals surface area contributed by atoms with Gasteiger partial charge in [-0.3, -0.25) is 0 Å². The normalized spacial score (nSPS) is 10.6. The average Bonchev–Trinajstić information content (AvgIpc) is 2.58. The lowest BCUT2D eigenvalue weighted by Crippen LogP contribution is -2.05. The second-order valence-corrected chi connectivity index (χ2v) is 5.42. The van der Waals surface area contributed by atoms with E-state index in [2.05, 4.69) is 30.7 Å². The number of hydrogen-bond donors (Lipinski definition) is 2. The van der Waals surface area contributed by atoms with Crippen LogP contribution in [-0.2, 0) is 0 Å². The third kappa shape index (κ3) is 4.59. The van der Waals surface area contributed by atoms with Gasteiger partial charge in [-0.2, -0.15) is 0 Å². The molecule has 0 bridgehead atoms. The van der Waals surface area contributed by atoms with E-state index in [0.717, 1.165) is 24.2 Å². The summed E-state index contributed by atoms with van der Waals surface area (Å²) in [6.45, 7) is 10.4. The zero-order valence-electron chi connectivity index (χ0n) is 14.0. The Balaban J connectivity index is 2.40. The molecule has 2 aromatic rings. The monoisotopic (exact) mass is 322 g/mol. The predicted molar refractivity (Wildman–Crippen MR) is 103 cm³/mol. The van der Waals surface area contributed by atoms with Crippen molar-refractivity contribution in [2.24, 2.45) is 0 Å². The maximum absolute atomic E-state index is 14.8. The lowest BCUT2D eigenvalue weighted by Gasteiger charge is -2.16. The van der Waals surface area contributed by atoms with E-state index in [1.165, 1.54) is 6.07 Å². The van der Waals surface area contributed by atoms with Crippen molar-refractivity contribution in [2.75, 3.05) is 17.2 Å². The molecule has 0 aliphatic carbocycles. The summed E-state index contributed by atoms with van der Waals surface area (Å²) in [4.78, 5) is 0. The van der Waals surface area contributed by atoms with Crippen LogP contribution in [0.15, 0.2) is 79.5 Å². The molecule has 0 aromatic heterocycles. The molecule has 0 spiro atoms. The van der Waals surface area contributed by atoms with Gasteiger partial charge < -0.3 is 10.6 Å². The van der Waals surface area contributed by atoms with E-state index < -0.39 is 0 Å². The minimum atomic E-state index is -0.273. The molecular formula is C21H23FN2. The first-order chi connectivity index (χ1) is 11.7. The largest absolute Gasteiger partial charge is 0.384 e. The lowest BCUT2D eigenvalue weighted by molar-refractivity contribution is 0.632. The van der Waals surface area contributed by atoms with E-state index in [1.807, 2.05) is 36.4 Å². The summed E-state index contributed by atoms with van der Waals surface area (Å²) in [6.07, 6.45) is 6.19. The Morgan fingerprint density at radius 1 is 1.21 bits per heavy atom. The van der Waals surface area contributed by atoms with Crippen LogP contribution >= 0.6 is 0 Å². The molecule has 0 atom stereocenters. The van der Waals surface area contributed by atoms with Crippen molar-refractivity contribution in [3.63, 3.8) is 0 Å². The van der Waals surface area contributed by atoms with E-state index in [9.17, 15) is 4.39 Å². The summed E-state index contributed by atoms with van der Waals surface area (Å²) >= 11 is 0. The van der Waals surface area contributed by atoms with Crippen LogP contribution in [0.1, 0.15) is 13.3 Å². The molecule has 3 heteroatoms. The molecule has 0 saturated heterocycles. The van der Waals surface area contributed by atoms with Crippen molar-refractivity contribution in [1.29, 1.82) is 0 Å². The van der Waals surface area contributed by atoms with Gasteiger partial charge in [0.2, 0.25) is 0 Å². The predicted octanol–water partition coefficient (Wildman–Crippen LogP) is 5.98. The molecule has 0 aliphatic rings. The van der Waals surface area contributed by atoms with Crippen LogP contribution in [0.4, 0.5) is 15.8 Å². The van der Waals surface area contributed by atoms with Gasteiger partial charge in [0, 0.05) is 29.2 Å². The van der Waals surface area contributed by atoms with Crippen molar-refractivity contribution in [2.45, 2.75) is 13.3 Å². The van der Waals surface area contributed by atoms with Gasteiger partial charge >= 0.3 is 0 Å². The molecule has 2 aromatic carbocycles. The first-order valence-corrected chi connectivity index (χ1v) is 8.03. The maximum atomic E-state index is 14.8. The molecule has 2 nitrogen and oxygen atoms in total. The quantitative estimate of drug-likeness (QED) is 0.584. The van der Waals surface area contributed by atoms with Gasteiger partial charge in [0.15, 0.2) is 0 Å². The van der Waals surface area contributed by atoms with Gasteiger partial charge in [0.1, 0.15) is 5.82 Å². The van der Waals surface area contributed by atoms with Gasteiger partial charge in [-0.05, 0) is 30.2 Å². The first kappa shape index (κ1) is 17.5. The van der Waals surface area contributed by atoms with Gasteiger partial charge in [-0.15, -0.1) is 0 Å². The zero-order chi connectivity index (χ0) is 17.4. The highest BCUT2D eigenvalue weighted by Gasteiger charge is 2.13. The van der Waals surface area contributed by atoms with E-state index in [0.29, 0.717) is 16.9 Å². The molecule has 0 heterocycles. The van der Waals surface area contributed by atoms with Gasteiger partial charge in [0.25, 0.3) is 0 Å². The van der Waals surface area contributed by atoms with Crippen molar-refractivity contribution < 1.29 is 4.39 Å². The number of halogens is 1. The van der Waals surface area contributed by atoms with Crippen molar-refractivity contribution in [3.8, 4) is 11.1 Å². The van der Waals surface area contributed by atoms with E-state index in [4.69, 9.17) is 0 Å². The fourth-order valence-corrected chi connectivity index (χ4v) is 2.39. The summed E-state index contributed by atoms with van der Waals surface area (Å²) in [6, 6.07) is 13.0. The smallest absolute Gasteiger partial charge is 0.135 e. The summed E-state index contributed by atoms with van der Waals surface area (Å²) in [7, 11) is 0. The Labute approximate surface area is 143 Å². The van der Waals surface area contributed by atoms with Gasteiger partial charge in [0.05, 0.1) is 0 Å². The van der Waals surface area contributed by atoms with Crippen LogP contribution in [0.5, 0.6) is 0 Å². The molecule has 0 aliphatic heterocycles. The Morgan fingerprint density at radius 3 is 2.62 bits per heavy atom. The summed E-state index contributed by atoms with van der Waals surface area (Å²) in [5, 5.41) is 6.42. The molecule has 2 rings (SSSR count). The molecule has 124 valence electrons. The highest BCUT2D eigenvalue weighted by Crippen LogP contribution is 2.34. The molecule has 0 saturated carbocycles. The van der Waals surface area contributed by atoms with E-state index >= 15 is 0 Å². The van der Waals surface area contributed by atoms with E-state index in [1.54, 1.807) is 18.2 Å². The molecule has 0 fully saturated rings. The maximum Gasteiger partial charge on any atom is 0.135 e. The molecule has 0 radical (unpaired) electrons. The molecule has 0 unspecified atom stereocenters. The Bertz CT molecular complexity index is 733. The number of nitrogens with one attached hydrogen (secondary N) is 2. The molecule has 24 heavy (non-hydrogen) atoms. The summed E-state index contributed by atoms with van der Waals surface area (Å²) in [5.74, 6) is -0.273. The van der Waals surface area contributed by atoms with Crippen LogP contribution in [0.3, 0.4) is 0 Å². The van der Waals surface area contributed by atoms with Crippen LogP contribution < -0.4 is 10.6 Å². The summed E-state index contributed by atoms with van der Waals surface area (Å²) in [5.41, 5.74) is 3.53. The number of hydrogen-bond acceptors (Lipinski definition) is 2. The second kappa shape index (κ2) is 8.73. The minimum Gasteiger partial charge on any atom is -0.384 e. The Hall–Kier alpha value is -2.81. The van der Waals surface area contributed by atoms with Gasteiger partial charge in [-0.1, -0.05) is 62.6 Å². The molecule has 2 N–H and O–H groups in total. The standard InChI is InChI=1S/C21H23FN2/c1-4-6-10-16(3)24-18-14-19(22)21(17-11-8-7-9-12-17)20(15-18)23-13-5-2/h4,6-12,14-15,23-24H,1,3,5,13H2,2H3/b10-6-. The van der Waals surface area contributed by atoms with Crippen LogP contribution in [0, 0.1) is 5.82 Å². The van der Waals surface area contributed by atoms with Crippen LogP contribution in [-0.4, -0.2) is 6.54 Å². The SMILES string of the molecule is C=C/C=C\C(=C)Nc1cc(F)c(-c2ccccc2)c(NCCC)c1. The third-order valence-corrected chi connectivity index (χ3v) is 3.46. The molecule has 0 amide bonds. The topological polar surface area (TPSA) is 24.1 Å². The van der Waals surface area contributed by atoms with E-state index in [-0.39, 0.29) is 5.82 Å². The number of benzene rings is 2. The number of allylic oxidation sites excluding steroid dienone is 3. The van der Waals surface area contributed by atoms with Crippen molar-refractivity contribution in [1.82, 2.24) is 0 Å². The summed E-state index contributed by atoms with van der Waals surface area (Å²) < 4.78 is 14.8. The van der Waals surface area contributed by atoms with Crippen LogP contribution in [0.25, 0.3) is 11.1 Å². The third-order valence-electron chi connectivity index (χ3n) is 3.46. The highest BCUT2D eigenvalue weighted by atomic mass is 19.1. The fourth-order valence-electron chi connectivity index (χ4n) is 2.39. The number of rotatable bonds is 8. The Morgan fingerprint density at radius 2 is 1.96 bits per heavy atom. The second-order valence-electron chi connectivity index (χ2n) is 5.42. The Kier molecular flexibility index (Phi) is 6.38. The number of anilines is 2. The highest BCUT2D eigenvalue weighted by molar-refractivity contribution is 5.81. The van der Waals surface area contributed by atoms with Crippen molar-refractivity contribution in [3.05, 3.63) is 85.4 Å². The molecular weight excluding hydrogens is 299 g/mol. The first-order valence-electron chi connectivity index (χ1n) is 8.03. The fraction of sp³-hybridized carbons (Fsp3) is 0.143. The van der Waals surface area contributed by atoms with Crippen molar-refractivity contribution >= 4 is 11.4 Å².